The summed E-state index contributed by atoms with van der Waals surface area (Å²) < 4.78 is 4.96. The van der Waals surface area contributed by atoms with Crippen molar-refractivity contribution >= 4 is 27.5 Å². The van der Waals surface area contributed by atoms with E-state index < -0.39 is 0 Å². The van der Waals surface area contributed by atoms with Gasteiger partial charge in [-0.15, -0.1) is 0 Å². The van der Waals surface area contributed by atoms with E-state index in [-0.39, 0.29) is 15.8 Å². The Balaban J connectivity index is 2.39. The fraction of sp³-hybridized carbons (Fsp3) is 0.444. The van der Waals surface area contributed by atoms with Crippen LogP contribution in [0.25, 0.3) is 11.4 Å². The summed E-state index contributed by atoms with van der Waals surface area (Å²) in [5.74, 6) is 1.89. The van der Waals surface area contributed by atoms with Crippen LogP contribution in [-0.2, 0) is 0 Å². The molecule has 0 spiro atoms. The van der Waals surface area contributed by atoms with E-state index >= 15 is 0 Å². The van der Waals surface area contributed by atoms with Crippen molar-refractivity contribution in [2.75, 3.05) is 0 Å². The summed E-state index contributed by atoms with van der Waals surface area (Å²) >= 11 is 2.57. The van der Waals surface area contributed by atoms with E-state index in [2.05, 4.69) is 132 Å². The number of para-hydroxylation sites is 2. The van der Waals surface area contributed by atoms with Crippen LogP contribution in [0.1, 0.15) is 101 Å². The van der Waals surface area contributed by atoms with Crippen LogP contribution < -0.4 is 20.4 Å². The van der Waals surface area contributed by atoms with Crippen molar-refractivity contribution in [2.45, 2.75) is 84.2 Å². The van der Waals surface area contributed by atoms with Gasteiger partial charge in [0, 0.05) is 0 Å². The minimum absolute atomic E-state index is 0.0203. The van der Waals surface area contributed by atoms with Gasteiger partial charge in [-0.2, -0.15) is 0 Å². The van der Waals surface area contributed by atoms with Crippen molar-refractivity contribution in [1.29, 1.82) is 0 Å². The van der Waals surface area contributed by atoms with E-state index in [1.807, 2.05) is 8.93 Å². The van der Waals surface area contributed by atoms with E-state index in [0.29, 0.717) is 23.7 Å². The standard InChI is InChI=1S/C27H36I2N2S/c1-17(2)21-11-9-12-22(18(3)4)25(21)30-15-16-31(27(30)32-29-28)26-23(19(5)6)13-10-14-24(26)20(7)8/h9-20H,1-8H3. The molecule has 0 atom stereocenters. The third kappa shape index (κ3) is 5.24. The van der Waals surface area contributed by atoms with Crippen molar-refractivity contribution < 1.29 is 20.4 Å². The molecule has 1 heterocycles. The van der Waals surface area contributed by atoms with Crippen molar-refractivity contribution in [3.63, 3.8) is 0 Å². The summed E-state index contributed by atoms with van der Waals surface area (Å²) in [4.78, 5) is 0. The number of aromatic nitrogens is 2. The van der Waals surface area contributed by atoms with Gasteiger partial charge < -0.3 is 0 Å². The molecule has 0 saturated carbocycles. The van der Waals surface area contributed by atoms with E-state index in [4.69, 9.17) is 0 Å². The summed E-state index contributed by atoms with van der Waals surface area (Å²) in [6.07, 6.45) is 4.60. The third-order valence-corrected chi connectivity index (χ3v) is 11.7. The number of halogens is 2. The number of hydrogen-bond acceptors (Lipinski definition) is 1. The molecule has 0 aliphatic rings. The molecule has 3 rings (SSSR count). The molecule has 0 aliphatic heterocycles. The number of rotatable bonds is 8. The molecule has 0 unspecified atom stereocenters. The molecule has 2 nitrogen and oxygen atoms in total. The van der Waals surface area contributed by atoms with Gasteiger partial charge in [-0.25, -0.2) is 0 Å². The van der Waals surface area contributed by atoms with Gasteiger partial charge in [-0.1, -0.05) is 0 Å². The topological polar surface area (TPSA) is 8.81 Å². The molecule has 0 N–H and O–H groups in total. The van der Waals surface area contributed by atoms with Crippen LogP contribution in [0.3, 0.4) is 0 Å². The van der Waals surface area contributed by atoms with Crippen LogP contribution in [-0.4, -0.2) is 4.57 Å². The molecule has 0 radical (unpaired) electrons. The molecule has 32 heavy (non-hydrogen) atoms. The number of hydrogen-bond donors (Lipinski definition) is 0. The summed E-state index contributed by atoms with van der Waals surface area (Å²) in [6, 6.07) is 13.7. The molecule has 0 amide bonds. The first-order valence-corrected chi connectivity index (χ1v) is 21.2. The second-order valence-electron chi connectivity index (χ2n) is 9.65. The molecular formula is C27H36I2N2S. The molecule has 5 heteroatoms. The first-order chi connectivity index (χ1) is 15.2. The van der Waals surface area contributed by atoms with Crippen molar-refractivity contribution in [3.05, 3.63) is 71.0 Å². The molecule has 3 aromatic rings. The minimum atomic E-state index is -0.0203. The van der Waals surface area contributed by atoms with Gasteiger partial charge >= 0.3 is 219 Å². The SMILES string of the molecule is CC(C)c1cccc(C(C)C)c1-n1cc[n+](-c2c(C(C)C)cccc2C(C)C)c1S[I-]I. The summed E-state index contributed by atoms with van der Waals surface area (Å²) in [7, 11) is 2.03. The van der Waals surface area contributed by atoms with Crippen LogP contribution in [0, 0.1) is 0 Å². The first kappa shape index (κ1) is 26.1. The normalized spacial score (nSPS) is 12.2. The number of benzene rings is 2. The van der Waals surface area contributed by atoms with E-state index in [1.165, 1.54) is 38.8 Å². The molecule has 2 aromatic carbocycles. The van der Waals surface area contributed by atoms with Gasteiger partial charge in [-0.05, 0) is 0 Å². The van der Waals surface area contributed by atoms with E-state index in [0.717, 1.165) is 0 Å². The monoisotopic (exact) mass is 674 g/mol. The van der Waals surface area contributed by atoms with Gasteiger partial charge in [0.1, 0.15) is 0 Å². The molecule has 0 saturated heterocycles. The zero-order chi connectivity index (χ0) is 23.6. The number of nitrogens with zero attached hydrogens (tertiary/aromatic N) is 2. The fourth-order valence-corrected chi connectivity index (χ4v) is 9.62. The Morgan fingerprint density at radius 1 is 0.750 bits per heavy atom. The Kier molecular flexibility index (Phi) is 9.17. The van der Waals surface area contributed by atoms with Gasteiger partial charge in [-0.3, -0.25) is 0 Å². The third-order valence-electron chi connectivity index (χ3n) is 6.04. The van der Waals surface area contributed by atoms with Gasteiger partial charge in [0.15, 0.2) is 0 Å². The van der Waals surface area contributed by atoms with E-state index in [1.54, 1.807) is 0 Å². The zero-order valence-electron chi connectivity index (χ0n) is 20.5. The van der Waals surface area contributed by atoms with Crippen LogP contribution >= 0.6 is 27.5 Å². The van der Waals surface area contributed by atoms with Gasteiger partial charge in [0.05, 0.1) is 0 Å². The quantitative estimate of drug-likeness (QED) is 0.221. The van der Waals surface area contributed by atoms with Crippen LogP contribution in [0.5, 0.6) is 0 Å². The van der Waals surface area contributed by atoms with Crippen LogP contribution in [0.15, 0.2) is 53.9 Å². The molecule has 0 bridgehead atoms. The van der Waals surface area contributed by atoms with Crippen LogP contribution in [0.4, 0.5) is 0 Å². The molecule has 174 valence electrons. The summed E-state index contributed by atoms with van der Waals surface area (Å²) in [5.41, 5.74) is 8.45. The molecular weight excluding hydrogens is 638 g/mol. The van der Waals surface area contributed by atoms with Crippen molar-refractivity contribution in [1.82, 2.24) is 4.57 Å². The predicted octanol–water partition coefficient (Wildman–Crippen LogP) is 5.69. The fourth-order valence-electron chi connectivity index (χ4n) is 4.40. The van der Waals surface area contributed by atoms with Gasteiger partial charge in [0.25, 0.3) is 0 Å². The first-order valence-electron chi connectivity index (χ1n) is 11.5. The Morgan fingerprint density at radius 2 is 1.19 bits per heavy atom. The molecule has 0 aliphatic carbocycles. The average Bonchev–Trinajstić information content (AvgIpc) is 3.15. The molecule has 1 aromatic heterocycles. The zero-order valence-corrected chi connectivity index (χ0v) is 25.6. The Labute approximate surface area is 217 Å². The second kappa shape index (κ2) is 11.3. The Morgan fingerprint density at radius 3 is 1.59 bits per heavy atom. The van der Waals surface area contributed by atoms with Crippen LogP contribution in [0.2, 0.25) is 0 Å². The summed E-state index contributed by atoms with van der Waals surface area (Å²) in [6.45, 7) is 18.5. The second-order valence-corrected chi connectivity index (χ2v) is 19.3. The molecule has 0 fully saturated rings. The van der Waals surface area contributed by atoms with Crippen molar-refractivity contribution in [2.24, 2.45) is 0 Å². The predicted molar refractivity (Wildman–Crippen MR) is 144 cm³/mol. The Bertz CT molecular complexity index is 934. The maximum atomic E-state index is 2.60. The Hall–Kier alpha value is -0.540. The van der Waals surface area contributed by atoms with Gasteiger partial charge in [0.2, 0.25) is 0 Å². The number of imidazole rings is 1. The van der Waals surface area contributed by atoms with E-state index in [9.17, 15) is 0 Å². The van der Waals surface area contributed by atoms with Crippen molar-refractivity contribution in [3.8, 4) is 11.4 Å². The average molecular weight is 674 g/mol. The summed E-state index contributed by atoms with van der Waals surface area (Å²) in [5, 5.41) is 1.33. The maximum absolute atomic E-state index is 2.60.